The molecule has 0 bridgehead atoms. The molecule has 3 N–H and O–H groups in total. The van der Waals surface area contributed by atoms with E-state index in [1.54, 1.807) is 43.8 Å². The Bertz CT molecular complexity index is 1860. The number of ether oxygens (including phenoxy) is 2. The first-order valence-electron chi connectivity index (χ1n) is 13.7. The molecular weight excluding hydrogens is 568 g/mol. The highest BCUT2D eigenvalue weighted by atomic mass is 32.2. The van der Waals surface area contributed by atoms with Crippen molar-refractivity contribution in [3.63, 3.8) is 0 Å². The highest BCUT2D eigenvalue weighted by Gasteiger charge is 2.23. The van der Waals surface area contributed by atoms with Crippen LogP contribution in [0.1, 0.15) is 0 Å². The van der Waals surface area contributed by atoms with E-state index < -0.39 is 10.0 Å². The van der Waals surface area contributed by atoms with Gasteiger partial charge in [-0.1, -0.05) is 18.2 Å². The topological polar surface area (TPSA) is 138 Å². The number of aromatic amines is 1. The van der Waals surface area contributed by atoms with E-state index in [2.05, 4.69) is 25.5 Å². The molecule has 4 heterocycles. The molecule has 222 valence electrons. The molecular formula is C30H32N8O4S. The fourth-order valence-electron chi connectivity index (χ4n) is 5.00. The van der Waals surface area contributed by atoms with Crippen molar-refractivity contribution in [2.75, 3.05) is 63.0 Å². The molecule has 0 amide bonds. The van der Waals surface area contributed by atoms with Gasteiger partial charge >= 0.3 is 0 Å². The van der Waals surface area contributed by atoms with Gasteiger partial charge in [-0.05, 0) is 30.3 Å². The molecule has 1 saturated heterocycles. The van der Waals surface area contributed by atoms with Gasteiger partial charge in [0.2, 0.25) is 16.0 Å². The van der Waals surface area contributed by atoms with Gasteiger partial charge in [0.15, 0.2) is 0 Å². The maximum absolute atomic E-state index is 13.2. The number of morpholine rings is 1. The maximum atomic E-state index is 13.2. The number of aromatic nitrogens is 4. The molecule has 12 nitrogen and oxygen atoms in total. The third kappa shape index (κ3) is 5.69. The standard InChI is InChI=1S/C30H32N8O4S/c1-37(2)43(39,40)26-9-5-4-8-23(26)34-29-27-22(20-7-6-12-31-18-20)19-32-28(27)35-30(36-29)33-21-10-11-24(25(17-21)41-3)38-13-15-42-16-14-38/h4-12,17-19H,13-16H2,1-3H3,(H3,32,33,34,35,36). The highest BCUT2D eigenvalue weighted by molar-refractivity contribution is 7.89. The van der Waals surface area contributed by atoms with Crippen LogP contribution >= 0.6 is 0 Å². The molecule has 1 fully saturated rings. The Morgan fingerprint density at radius 3 is 2.58 bits per heavy atom. The number of nitrogens with zero attached hydrogens (tertiary/aromatic N) is 5. The average molecular weight is 601 g/mol. The second kappa shape index (κ2) is 11.9. The number of para-hydroxylation sites is 1. The Hall–Kier alpha value is -4.72. The van der Waals surface area contributed by atoms with Crippen LogP contribution in [0.3, 0.4) is 0 Å². The van der Waals surface area contributed by atoms with Gasteiger partial charge in [-0.25, -0.2) is 12.7 Å². The summed E-state index contributed by atoms with van der Waals surface area (Å²) in [6.45, 7) is 2.91. The molecule has 3 aromatic heterocycles. The zero-order valence-electron chi connectivity index (χ0n) is 24.0. The second-order valence-electron chi connectivity index (χ2n) is 10.1. The van der Waals surface area contributed by atoms with E-state index in [-0.39, 0.29) is 4.90 Å². The van der Waals surface area contributed by atoms with Crippen LogP contribution in [0.2, 0.25) is 0 Å². The summed E-state index contributed by atoms with van der Waals surface area (Å²) in [4.78, 5) is 19.5. The van der Waals surface area contributed by atoms with Crippen LogP contribution in [-0.2, 0) is 14.8 Å². The number of H-pyrrole nitrogens is 1. The highest BCUT2D eigenvalue weighted by Crippen LogP contribution is 2.37. The number of sulfonamides is 1. The lowest BCUT2D eigenvalue weighted by atomic mass is 10.1. The molecule has 1 aliphatic heterocycles. The van der Waals surface area contributed by atoms with Gasteiger partial charge in [0.1, 0.15) is 22.1 Å². The van der Waals surface area contributed by atoms with Crippen LogP contribution in [0, 0.1) is 0 Å². The van der Waals surface area contributed by atoms with Gasteiger partial charge in [0, 0.05) is 68.7 Å². The van der Waals surface area contributed by atoms with Gasteiger partial charge in [0.05, 0.1) is 37.1 Å². The summed E-state index contributed by atoms with van der Waals surface area (Å²) >= 11 is 0. The smallest absolute Gasteiger partial charge is 0.244 e. The number of hydrogen-bond acceptors (Lipinski definition) is 10. The van der Waals surface area contributed by atoms with Crippen LogP contribution < -0.4 is 20.3 Å². The van der Waals surface area contributed by atoms with Crippen LogP contribution in [0.15, 0.2) is 78.1 Å². The van der Waals surface area contributed by atoms with E-state index in [0.29, 0.717) is 47.5 Å². The van der Waals surface area contributed by atoms with Crippen molar-refractivity contribution in [1.82, 2.24) is 24.2 Å². The van der Waals surface area contributed by atoms with Gasteiger partial charge in [-0.15, -0.1) is 0 Å². The molecule has 1 aliphatic rings. The molecule has 13 heteroatoms. The number of methoxy groups -OCH3 is 1. The predicted molar refractivity (Wildman–Crippen MR) is 167 cm³/mol. The first-order chi connectivity index (χ1) is 20.8. The van der Waals surface area contributed by atoms with Gasteiger partial charge < -0.3 is 30.0 Å². The largest absolute Gasteiger partial charge is 0.495 e. The predicted octanol–water partition coefficient (Wildman–Crippen LogP) is 4.60. The SMILES string of the molecule is COc1cc(Nc2nc(Nc3ccccc3S(=O)(=O)N(C)C)c3c(-c4cccnc4)c[nH]c3n2)ccc1N1CCOCC1. The van der Waals surface area contributed by atoms with Gasteiger partial charge in [-0.3, -0.25) is 4.98 Å². The third-order valence-corrected chi connectivity index (χ3v) is 9.06. The summed E-state index contributed by atoms with van der Waals surface area (Å²) in [7, 11) is 0.908. The molecule has 5 aromatic rings. The summed E-state index contributed by atoms with van der Waals surface area (Å²) in [6.07, 6.45) is 5.30. The number of rotatable bonds is 9. The maximum Gasteiger partial charge on any atom is 0.244 e. The minimum Gasteiger partial charge on any atom is -0.495 e. The van der Waals surface area contributed by atoms with Crippen LogP contribution in [-0.4, -0.2) is 80.2 Å². The summed E-state index contributed by atoms with van der Waals surface area (Å²) < 4.78 is 38.7. The summed E-state index contributed by atoms with van der Waals surface area (Å²) in [5, 5.41) is 7.28. The third-order valence-electron chi connectivity index (χ3n) is 7.19. The molecule has 2 aromatic carbocycles. The van der Waals surface area contributed by atoms with E-state index >= 15 is 0 Å². The minimum atomic E-state index is -3.74. The van der Waals surface area contributed by atoms with Crippen molar-refractivity contribution in [1.29, 1.82) is 0 Å². The first-order valence-corrected chi connectivity index (χ1v) is 15.1. The molecule has 6 rings (SSSR count). The number of benzene rings is 2. The molecule has 43 heavy (non-hydrogen) atoms. The fraction of sp³-hybridized carbons (Fsp3) is 0.233. The lowest BCUT2D eigenvalue weighted by Crippen LogP contribution is -2.36. The van der Waals surface area contributed by atoms with Crippen LogP contribution in [0.25, 0.3) is 22.2 Å². The number of fused-ring (bicyclic) bond motifs is 1. The van der Waals surface area contributed by atoms with E-state index in [1.807, 2.05) is 36.5 Å². The molecule has 0 spiro atoms. The molecule has 0 radical (unpaired) electrons. The number of pyridine rings is 1. The van der Waals surface area contributed by atoms with E-state index in [9.17, 15) is 8.42 Å². The van der Waals surface area contributed by atoms with Crippen molar-refractivity contribution in [3.8, 4) is 16.9 Å². The van der Waals surface area contributed by atoms with Gasteiger partial charge in [0.25, 0.3) is 0 Å². The van der Waals surface area contributed by atoms with E-state index in [0.717, 1.165) is 35.6 Å². The first kappa shape index (κ1) is 28.4. The summed E-state index contributed by atoms with van der Waals surface area (Å²) in [5.74, 6) is 1.45. The van der Waals surface area contributed by atoms with E-state index in [4.69, 9.17) is 19.4 Å². The Morgan fingerprint density at radius 1 is 1.02 bits per heavy atom. The lowest BCUT2D eigenvalue weighted by Gasteiger charge is -2.30. The molecule has 0 aliphatic carbocycles. The van der Waals surface area contributed by atoms with Crippen LogP contribution in [0.4, 0.5) is 28.8 Å². The second-order valence-corrected chi connectivity index (χ2v) is 12.2. The van der Waals surface area contributed by atoms with Gasteiger partial charge in [-0.2, -0.15) is 9.97 Å². The van der Waals surface area contributed by atoms with Crippen molar-refractivity contribution in [2.45, 2.75) is 4.90 Å². The number of hydrogen-bond donors (Lipinski definition) is 3. The fourth-order valence-corrected chi connectivity index (χ4v) is 6.04. The quantitative estimate of drug-likeness (QED) is 0.220. The molecule has 0 unspecified atom stereocenters. The monoisotopic (exact) mass is 600 g/mol. The summed E-state index contributed by atoms with van der Waals surface area (Å²) in [6, 6.07) is 16.4. The van der Waals surface area contributed by atoms with Crippen LogP contribution in [0.5, 0.6) is 5.75 Å². The Labute approximate surface area is 249 Å². The van der Waals surface area contributed by atoms with Crippen molar-refractivity contribution in [3.05, 3.63) is 73.2 Å². The normalized spacial score (nSPS) is 13.8. The Balaban J connectivity index is 1.43. The average Bonchev–Trinajstić information content (AvgIpc) is 3.46. The Kier molecular flexibility index (Phi) is 7.84. The lowest BCUT2D eigenvalue weighted by molar-refractivity contribution is 0.122. The summed E-state index contributed by atoms with van der Waals surface area (Å²) in [5.41, 5.74) is 4.34. The zero-order chi connectivity index (χ0) is 30.0. The number of anilines is 5. The zero-order valence-corrected chi connectivity index (χ0v) is 24.9. The van der Waals surface area contributed by atoms with Crippen molar-refractivity contribution >= 4 is 49.9 Å². The molecule has 0 atom stereocenters. The Morgan fingerprint density at radius 2 is 1.84 bits per heavy atom. The minimum absolute atomic E-state index is 0.128. The number of nitrogens with one attached hydrogen (secondary N) is 3. The van der Waals surface area contributed by atoms with E-state index in [1.165, 1.54) is 18.4 Å². The molecule has 0 saturated carbocycles. The van der Waals surface area contributed by atoms with Crippen molar-refractivity contribution in [2.24, 2.45) is 0 Å². The van der Waals surface area contributed by atoms with Crippen molar-refractivity contribution < 1.29 is 17.9 Å².